The summed E-state index contributed by atoms with van der Waals surface area (Å²) in [6.07, 6.45) is 2.89. The van der Waals surface area contributed by atoms with Gasteiger partial charge in [0.15, 0.2) is 5.78 Å². The number of hydrogen-bond donors (Lipinski definition) is 2. The number of fused-ring (bicyclic) bond motifs is 1. The summed E-state index contributed by atoms with van der Waals surface area (Å²) in [6, 6.07) is 10.8. The minimum absolute atomic E-state index is 0.0933. The van der Waals surface area contributed by atoms with Gasteiger partial charge in [0.25, 0.3) is 0 Å². The molecule has 35 heavy (non-hydrogen) atoms. The van der Waals surface area contributed by atoms with E-state index in [2.05, 4.69) is 5.32 Å². The van der Waals surface area contributed by atoms with Crippen LogP contribution in [0.25, 0.3) is 6.08 Å². The van der Waals surface area contributed by atoms with Crippen LogP contribution < -0.4 is 15.8 Å². The van der Waals surface area contributed by atoms with Crippen LogP contribution in [-0.2, 0) is 14.3 Å². The van der Waals surface area contributed by atoms with Gasteiger partial charge in [-0.3, -0.25) is 9.59 Å². The van der Waals surface area contributed by atoms with Crippen molar-refractivity contribution in [3.8, 4) is 5.75 Å². The number of ether oxygens (including phenoxy) is 3. The first-order valence-corrected chi connectivity index (χ1v) is 11.1. The Kier molecular flexibility index (Phi) is 7.91. The molecule has 0 saturated carbocycles. The Morgan fingerprint density at radius 2 is 1.89 bits per heavy atom. The second-order valence-corrected chi connectivity index (χ2v) is 8.73. The van der Waals surface area contributed by atoms with E-state index in [0.29, 0.717) is 22.6 Å². The number of hydrogen-bond acceptors (Lipinski definition) is 8. The molecule has 0 fully saturated rings. The minimum atomic E-state index is -0.969. The number of alkyl carbamates (subject to hydrolysis) is 1. The quantitative estimate of drug-likeness (QED) is 0.346. The number of amides is 1. The van der Waals surface area contributed by atoms with Crippen molar-refractivity contribution in [2.45, 2.75) is 45.3 Å². The summed E-state index contributed by atoms with van der Waals surface area (Å²) < 4.78 is 15.7. The first-order valence-electron chi connectivity index (χ1n) is 11.1. The molecule has 9 heteroatoms. The van der Waals surface area contributed by atoms with E-state index in [4.69, 9.17) is 19.9 Å². The van der Waals surface area contributed by atoms with E-state index >= 15 is 0 Å². The number of Topliss-reactive ketones (excluding diaryl/α,β-unsaturated/α-hetero) is 1. The summed E-state index contributed by atoms with van der Waals surface area (Å²) in [4.78, 5) is 48.2. The van der Waals surface area contributed by atoms with Gasteiger partial charge in [-0.25, -0.2) is 9.59 Å². The SMILES string of the molecule is CC(=O)OCC(CC=Cc1ccc2c(c1N)C(=O)CC(C)(C)O2)NC(=O)OC(=O)c1ccccc1. The Labute approximate surface area is 203 Å². The van der Waals surface area contributed by atoms with Gasteiger partial charge in [-0.15, -0.1) is 0 Å². The number of rotatable bonds is 7. The van der Waals surface area contributed by atoms with Crippen molar-refractivity contribution in [3.63, 3.8) is 0 Å². The van der Waals surface area contributed by atoms with Crippen molar-refractivity contribution in [2.24, 2.45) is 0 Å². The number of ketones is 1. The number of anilines is 1. The molecule has 3 N–H and O–H groups in total. The van der Waals surface area contributed by atoms with Gasteiger partial charge >= 0.3 is 18.0 Å². The molecular weight excluding hydrogens is 452 g/mol. The van der Waals surface area contributed by atoms with Gasteiger partial charge in [0, 0.05) is 6.92 Å². The Morgan fingerprint density at radius 1 is 1.17 bits per heavy atom. The van der Waals surface area contributed by atoms with Crippen molar-refractivity contribution >= 4 is 35.6 Å². The maximum absolute atomic E-state index is 12.6. The summed E-state index contributed by atoms with van der Waals surface area (Å²) in [5.74, 6) is -0.970. The predicted molar refractivity (Wildman–Crippen MR) is 129 cm³/mol. The lowest BCUT2D eigenvalue weighted by molar-refractivity contribution is -0.141. The van der Waals surface area contributed by atoms with Gasteiger partial charge in [0.05, 0.1) is 29.3 Å². The summed E-state index contributed by atoms with van der Waals surface area (Å²) in [7, 11) is 0. The highest BCUT2D eigenvalue weighted by Crippen LogP contribution is 2.38. The molecule has 1 amide bonds. The molecule has 1 heterocycles. The fourth-order valence-corrected chi connectivity index (χ4v) is 3.60. The lowest BCUT2D eigenvalue weighted by Gasteiger charge is -2.32. The largest absolute Gasteiger partial charge is 0.487 e. The minimum Gasteiger partial charge on any atom is -0.487 e. The average Bonchev–Trinajstić information content (AvgIpc) is 2.78. The number of nitrogens with one attached hydrogen (secondary N) is 1. The average molecular weight is 481 g/mol. The summed E-state index contributed by atoms with van der Waals surface area (Å²) >= 11 is 0. The molecule has 2 aromatic rings. The van der Waals surface area contributed by atoms with E-state index in [0.717, 1.165) is 0 Å². The van der Waals surface area contributed by atoms with Crippen LogP contribution in [0, 0.1) is 0 Å². The molecule has 0 bridgehead atoms. The fraction of sp³-hybridized carbons (Fsp3) is 0.308. The van der Waals surface area contributed by atoms with E-state index in [1.165, 1.54) is 19.1 Å². The number of nitrogen functional groups attached to an aromatic ring is 1. The van der Waals surface area contributed by atoms with Gasteiger partial charge in [-0.1, -0.05) is 30.4 Å². The molecule has 3 rings (SSSR count). The molecule has 1 unspecified atom stereocenters. The lowest BCUT2D eigenvalue weighted by atomic mass is 9.90. The molecule has 0 saturated heterocycles. The molecule has 0 aromatic heterocycles. The number of esters is 2. The fourth-order valence-electron chi connectivity index (χ4n) is 3.60. The molecular formula is C26H28N2O7. The van der Waals surface area contributed by atoms with Crippen molar-refractivity contribution in [3.05, 3.63) is 65.2 Å². The second-order valence-electron chi connectivity index (χ2n) is 8.73. The topological polar surface area (TPSA) is 134 Å². The number of benzene rings is 2. The maximum atomic E-state index is 12.6. The molecule has 9 nitrogen and oxygen atoms in total. The summed E-state index contributed by atoms with van der Waals surface area (Å²) in [5.41, 5.74) is 7.13. The van der Waals surface area contributed by atoms with E-state index in [1.807, 2.05) is 13.8 Å². The summed E-state index contributed by atoms with van der Waals surface area (Å²) in [5, 5.41) is 2.52. The van der Waals surface area contributed by atoms with Crippen LogP contribution in [0.4, 0.5) is 10.5 Å². The molecule has 0 spiro atoms. The summed E-state index contributed by atoms with van der Waals surface area (Å²) in [6.45, 7) is 4.80. The van der Waals surface area contributed by atoms with Gasteiger partial charge in [-0.2, -0.15) is 0 Å². The van der Waals surface area contributed by atoms with Crippen LogP contribution in [0.3, 0.4) is 0 Å². The van der Waals surface area contributed by atoms with Crippen LogP contribution in [-0.4, -0.2) is 42.1 Å². The highest BCUT2D eigenvalue weighted by Gasteiger charge is 2.34. The highest BCUT2D eigenvalue weighted by molar-refractivity contribution is 6.06. The zero-order valence-corrected chi connectivity index (χ0v) is 19.8. The van der Waals surface area contributed by atoms with Gasteiger partial charge in [-0.05, 0) is 50.1 Å². The first-order chi connectivity index (χ1) is 16.6. The lowest BCUT2D eigenvalue weighted by Crippen LogP contribution is -2.39. The molecule has 0 radical (unpaired) electrons. The number of carbonyl (C=O) groups excluding carboxylic acids is 4. The second kappa shape index (κ2) is 10.9. The normalized spacial score (nSPS) is 15.0. The first kappa shape index (κ1) is 25.5. The van der Waals surface area contributed by atoms with Gasteiger partial charge < -0.3 is 25.3 Å². The predicted octanol–water partition coefficient (Wildman–Crippen LogP) is 3.91. The zero-order chi connectivity index (χ0) is 25.6. The van der Waals surface area contributed by atoms with Crippen molar-refractivity contribution in [1.82, 2.24) is 5.32 Å². The van der Waals surface area contributed by atoms with Crippen molar-refractivity contribution in [1.29, 1.82) is 0 Å². The molecule has 1 aliphatic rings. The van der Waals surface area contributed by atoms with E-state index in [9.17, 15) is 19.2 Å². The Bertz CT molecular complexity index is 1160. The van der Waals surface area contributed by atoms with E-state index in [-0.39, 0.29) is 30.8 Å². The third-order valence-electron chi connectivity index (χ3n) is 5.22. The zero-order valence-electron chi connectivity index (χ0n) is 19.8. The van der Waals surface area contributed by atoms with Crippen molar-refractivity contribution < 1.29 is 33.4 Å². The number of carbonyl (C=O) groups is 4. The maximum Gasteiger partial charge on any atom is 0.415 e. The van der Waals surface area contributed by atoms with Crippen LogP contribution in [0.2, 0.25) is 0 Å². The Balaban J connectivity index is 1.67. The molecule has 184 valence electrons. The third-order valence-corrected chi connectivity index (χ3v) is 5.22. The standard InChI is InChI=1S/C26H28N2O7/c1-16(29)33-15-19(28-25(32)34-24(31)18-8-5-4-6-9-18)11-7-10-17-12-13-21-22(23(17)27)20(30)14-26(2,3)35-21/h4-10,12-13,19H,11,14-15,27H2,1-3H3,(H,28,32). The van der Waals surface area contributed by atoms with Crippen LogP contribution in [0.1, 0.15) is 59.9 Å². The monoisotopic (exact) mass is 480 g/mol. The molecule has 1 atom stereocenters. The Hall–Kier alpha value is -4.14. The van der Waals surface area contributed by atoms with E-state index in [1.54, 1.807) is 42.5 Å². The van der Waals surface area contributed by atoms with Crippen LogP contribution in [0.15, 0.2) is 48.5 Å². The smallest absolute Gasteiger partial charge is 0.415 e. The van der Waals surface area contributed by atoms with Gasteiger partial charge in [0.2, 0.25) is 0 Å². The van der Waals surface area contributed by atoms with Crippen LogP contribution >= 0.6 is 0 Å². The third kappa shape index (κ3) is 6.92. The molecule has 1 aliphatic heterocycles. The van der Waals surface area contributed by atoms with Crippen LogP contribution in [0.5, 0.6) is 5.75 Å². The van der Waals surface area contributed by atoms with Gasteiger partial charge in [0.1, 0.15) is 18.0 Å². The number of nitrogens with two attached hydrogens (primary N) is 1. The Morgan fingerprint density at radius 3 is 2.57 bits per heavy atom. The highest BCUT2D eigenvalue weighted by atomic mass is 16.6. The molecule has 0 aliphatic carbocycles. The molecule has 2 aromatic carbocycles. The van der Waals surface area contributed by atoms with Crippen molar-refractivity contribution in [2.75, 3.05) is 12.3 Å². The van der Waals surface area contributed by atoms with E-state index < -0.39 is 29.7 Å².